The number of carbonyl (C=O) groups is 2. The molecular formula is C25H31N5O3. The highest BCUT2D eigenvalue weighted by Crippen LogP contribution is 2.34. The molecule has 3 heterocycles. The van der Waals surface area contributed by atoms with E-state index in [9.17, 15) is 9.59 Å². The maximum absolute atomic E-state index is 13.7. The third-order valence-electron chi connectivity index (χ3n) is 6.94. The van der Waals surface area contributed by atoms with Crippen LogP contribution in [0.1, 0.15) is 24.5 Å². The monoisotopic (exact) mass is 449 g/mol. The van der Waals surface area contributed by atoms with Gasteiger partial charge >= 0.3 is 6.03 Å². The minimum absolute atomic E-state index is 0.130. The molecule has 1 N–H and O–H groups in total. The van der Waals surface area contributed by atoms with Gasteiger partial charge < -0.3 is 14.5 Å². The Morgan fingerprint density at radius 3 is 2.55 bits per heavy atom. The quantitative estimate of drug-likeness (QED) is 0.757. The number of hydrogen-bond donors (Lipinski definition) is 1. The first-order valence-electron chi connectivity index (χ1n) is 11.6. The Morgan fingerprint density at radius 1 is 1.06 bits per heavy atom. The first-order valence-corrected chi connectivity index (χ1v) is 11.6. The second-order valence-electron chi connectivity index (χ2n) is 8.89. The normalized spacial score (nSPS) is 25.3. The van der Waals surface area contributed by atoms with E-state index in [-0.39, 0.29) is 24.4 Å². The van der Waals surface area contributed by atoms with E-state index in [1.54, 1.807) is 11.9 Å². The number of hydrogen-bond acceptors (Lipinski definition) is 6. The summed E-state index contributed by atoms with van der Waals surface area (Å²) in [5.74, 6) is 0.713. The number of imide groups is 1. The highest BCUT2D eigenvalue weighted by Gasteiger charge is 2.56. The van der Waals surface area contributed by atoms with E-state index in [1.165, 1.54) is 4.90 Å². The van der Waals surface area contributed by atoms with E-state index in [4.69, 9.17) is 4.74 Å². The van der Waals surface area contributed by atoms with Crippen molar-refractivity contribution in [2.75, 3.05) is 31.6 Å². The summed E-state index contributed by atoms with van der Waals surface area (Å²) in [6.45, 7) is 6.58. The fourth-order valence-corrected chi connectivity index (χ4v) is 5.19. The van der Waals surface area contributed by atoms with Gasteiger partial charge in [0.05, 0.1) is 13.2 Å². The van der Waals surface area contributed by atoms with E-state index in [1.807, 2.05) is 50.2 Å². The van der Waals surface area contributed by atoms with Gasteiger partial charge in [-0.15, -0.1) is 0 Å². The molecule has 0 aromatic heterocycles. The van der Waals surface area contributed by atoms with Crippen LogP contribution in [0.4, 0.5) is 10.5 Å². The Morgan fingerprint density at radius 2 is 1.82 bits per heavy atom. The number of benzene rings is 2. The van der Waals surface area contributed by atoms with Gasteiger partial charge in [-0.25, -0.2) is 4.79 Å². The zero-order valence-corrected chi connectivity index (χ0v) is 19.4. The molecule has 0 aliphatic carbocycles. The molecule has 0 bridgehead atoms. The largest absolute Gasteiger partial charge is 0.494 e. The minimum atomic E-state index is -0.410. The van der Waals surface area contributed by atoms with Crippen LogP contribution in [-0.2, 0) is 11.3 Å². The molecule has 3 aliphatic rings. The Bertz CT molecular complexity index is 1040. The highest BCUT2D eigenvalue weighted by atomic mass is 16.5. The van der Waals surface area contributed by atoms with E-state index in [0.717, 1.165) is 42.1 Å². The molecule has 0 radical (unpaired) electrons. The second-order valence-corrected chi connectivity index (χ2v) is 8.89. The molecule has 0 saturated carbocycles. The Balaban J connectivity index is 1.41. The van der Waals surface area contributed by atoms with Crippen molar-refractivity contribution in [3.05, 3.63) is 59.7 Å². The maximum atomic E-state index is 13.7. The molecule has 8 heteroatoms. The van der Waals surface area contributed by atoms with Crippen LogP contribution in [0.3, 0.4) is 0 Å². The summed E-state index contributed by atoms with van der Waals surface area (Å²) in [5.41, 5.74) is 3.13. The molecule has 0 spiro atoms. The van der Waals surface area contributed by atoms with Crippen LogP contribution in [0.5, 0.6) is 5.75 Å². The summed E-state index contributed by atoms with van der Waals surface area (Å²) in [6.07, 6.45) is 0.438. The van der Waals surface area contributed by atoms with Crippen molar-refractivity contribution in [1.82, 2.24) is 20.0 Å². The van der Waals surface area contributed by atoms with Crippen LogP contribution in [-0.4, -0.2) is 71.9 Å². The second kappa shape index (κ2) is 8.68. The lowest BCUT2D eigenvalue weighted by molar-refractivity contribution is -0.139. The number of fused-ring (bicyclic) bond motifs is 3. The Hall–Kier alpha value is -3.10. The Labute approximate surface area is 194 Å². The zero-order valence-electron chi connectivity index (χ0n) is 19.4. The lowest BCUT2D eigenvalue weighted by Crippen LogP contribution is -2.66. The van der Waals surface area contributed by atoms with Crippen molar-refractivity contribution in [1.29, 1.82) is 0 Å². The standard InChI is InChI=1S/C25H31N5O3/c1-4-33-20-12-10-19(11-13-20)28-14-7-15-29-21-22(26-24(28)29)27(3)25(32)30(23(21)31)16-18-9-6-5-8-17(18)2/h5-6,8-13,21-22,24,26H,4,7,14-16H2,1-3H3. The predicted octanol–water partition coefficient (Wildman–Crippen LogP) is 2.58. The maximum Gasteiger partial charge on any atom is 0.328 e. The third-order valence-corrected chi connectivity index (χ3v) is 6.94. The molecule has 5 rings (SSSR count). The third kappa shape index (κ3) is 3.73. The van der Waals surface area contributed by atoms with Gasteiger partial charge in [0.1, 0.15) is 24.2 Å². The number of nitrogens with zero attached hydrogens (tertiary/aromatic N) is 4. The fourth-order valence-electron chi connectivity index (χ4n) is 5.19. The van der Waals surface area contributed by atoms with E-state index < -0.39 is 6.04 Å². The zero-order chi connectivity index (χ0) is 23.1. The lowest BCUT2D eigenvalue weighted by atomic mass is 10.1. The summed E-state index contributed by atoms with van der Waals surface area (Å²) in [4.78, 5) is 34.4. The predicted molar refractivity (Wildman–Crippen MR) is 126 cm³/mol. The lowest BCUT2D eigenvalue weighted by Gasteiger charge is -2.44. The van der Waals surface area contributed by atoms with Crippen molar-refractivity contribution in [3.63, 3.8) is 0 Å². The van der Waals surface area contributed by atoms with E-state index in [0.29, 0.717) is 13.2 Å². The summed E-state index contributed by atoms with van der Waals surface area (Å²) >= 11 is 0. The summed E-state index contributed by atoms with van der Waals surface area (Å²) in [6, 6.07) is 15.3. The molecule has 3 aliphatic heterocycles. The topological polar surface area (TPSA) is 68.4 Å². The molecule has 33 heavy (non-hydrogen) atoms. The van der Waals surface area contributed by atoms with Crippen LogP contribution in [0.2, 0.25) is 0 Å². The van der Waals surface area contributed by atoms with E-state index in [2.05, 4.69) is 27.2 Å². The number of rotatable bonds is 5. The van der Waals surface area contributed by atoms with Gasteiger partial charge in [-0.1, -0.05) is 24.3 Å². The van der Waals surface area contributed by atoms with Crippen LogP contribution >= 0.6 is 0 Å². The summed E-state index contributed by atoms with van der Waals surface area (Å²) in [5, 5.41) is 3.57. The molecule has 3 saturated heterocycles. The number of likely N-dealkylation sites (N-methyl/N-ethyl adjacent to an activating group) is 1. The van der Waals surface area contributed by atoms with Crippen molar-refractivity contribution in [3.8, 4) is 5.75 Å². The van der Waals surface area contributed by atoms with Gasteiger partial charge in [0.15, 0.2) is 0 Å². The first kappa shape index (κ1) is 21.7. The number of ether oxygens (including phenoxy) is 1. The molecule has 2 aromatic carbocycles. The molecular weight excluding hydrogens is 418 g/mol. The molecule has 174 valence electrons. The fraction of sp³-hybridized carbons (Fsp3) is 0.440. The summed E-state index contributed by atoms with van der Waals surface area (Å²) in [7, 11) is 1.78. The number of urea groups is 1. The summed E-state index contributed by atoms with van der Waals surface area (Å²) < 4.78 is 5.58. The highest BCUT2D eigenvalue weighted by molar-refractivity contribution is 6.00. The van der Waals surface area contributed by atoms with E-state index >= 15 is 0 Å². The number of nitrogens with one attached hydrogen (secondary N) is 1. The number of carbonyl (C=O) groups excluding carboxylic acids is 2. The molecule has 3 unspecified atom stereocenters. The van der Waals surface area contributed by atoms with Crippen LogP contribution in [0, 0.1) is 6.92 Å². The smallest absolute Gasteiger partial charge is 0.328 e. The van der Waals surface area contributed by atoms with Crippen LogP contribution in [0.25, 0.3) is 0 Å². The van der Waals surface area contributed by atoms with Crippen LogP contribution in [0.15, 0.2) is 48.5 Å². The van der Waals surface area contributed by atoms with Crippen molar-refractivity contribution in [2.24, 2.45) is 0 Å². The molecule has 2 aromatic rings. The average molecular weight is 450 g/mol. The SMILES string of the molecule is CCOc1ccc(N2CCCN3C4C(=O)N(Cc5ccccc5C)C(=O)N(C)C4NC23)cc1. The minimum Gasteiger partial charge on any atom is -0.494 e. The number of anilines is 1. The first-order chi connectivity index (χ1) is 16.0. The molecule has 3 fully saturated rings. The van der Waals surface area contributed by atoms with Crippen molar-refractivity contribution < 1.29 is 14.3 Å². The number of aryl methyl sites for hydroxylation is 1. The van der Waals surface area contributed by atoms with Gasteiger partial charge in [-0.2, -0.15) is 0 Å². The molecule has 3 atom stereocenters. The van der Waals surface area contributed by atoms with Gasteiger partial charge in [-0.3, -0.25) is 19.9 Å². The van der Waals surface area contributed by atoms with Gasteiger partial charge in [0, 0.05) is 25.8 Å². The molecule has 8 nitrogen and oxygen atoms in total. The average Bonchev–Trinajstić information content (AvgIpc) is 3.22. The van der Waals surface area contributed by atoms with Crippen molar-refractivity contribution >= 4 is 17.6 Å². The van der Waals surface area contributed by atoms with Crippen molar-refractivity contribution in [2.45, 2.75) is 45.3 Å². The molecule has 3 amide bonds. The van der Waals surface area contributed by atoms with Crippen LogP contribution < -0.4 is 15.0 Å². The van der Waals surface area contributed by atoms with Gasteiger partial charge in [-0.05, 0) is 55.7 Å². The van der Waals surface area contributed by atoms with Gasteiger partial charge in [0.25, 0.3) is 5.91 Å². The Kier molecular flexibility index (Phi) is 5.72. The number of amides is 3. The van der Waals surface area contributed by atoms with Gasteiger partial charge in [0.2, 0.25) is 0 Å².